The molecule has 8 heteroatoms. The van der Waals surface area contributed by atoms with Crippen LogP contribution in [0.25, 0.3) is 5.82 Å². The highest BCUT2D eigenvalue weighted by Crippen LogP contribution is 2.31. The number of benzene rings is 1. The molecule has 3 aromatic rings. The Morgan fingerprint density at radius 3 is 2.68 bits per heavy atom. The minimum Gasteiger partial charge on any atom is -0.406 e. The Morgan fingerprint density at radius 1 is 1.14 bits per heavy atom. The number of alkyl halides is 3. The maximum absolute atomic E-state index is 12.3. The van der Waals surface area contributed by atoms with Crippen molar-refractivity contribution in [3.63, 3.8) is 0 Å². The van der Waals surface area contributed by atoms with E-state index < -0.39 is 6.36 Å². The van der Waals surface area contributed by atoms with Crippen LogP contribution in [0.5, 0.6) is 5.75 Å². The topological polar surface area (TPSA) is 52.0 Å². The zero-order valence-electron chi connectivity index (χ0n) is 15.0. The van der Waals surface area contributed by atoms with Gasteiger partial charge in [-0.05, 0) is 49.1 Å². The Hall–Kier alpha value is -2.87. The number of rotatable bonds is 5. The highest BCUT2D eigenvalue weighted by Gasteiger charge is 2.31. The summed E-state index contributed by atoms with van der Waals surface area (Å²) in [5.74, 6) is 0.581. The smallest absolute Gasteiger partial charge is 0.406 e. The lowest BCUT2D eigenvalue weighted by molar-refractivity contribution is -0.274. The number of aromatic nitrogens is 3. The first kappa shape index (κ1) is 18.5. The van der Waals surface area contributed by atoms with Crippen LogP contribution in [0.15, 0.2) is 54.9 Å². The van der Waals surface area contributed by atoms with E-state index >= 15 is 0 Å². The van der Waals surface area contributed by atoms with Crippen LogP contribution in [-0.4, -0.2) is 21.1 Å². The second-order valence-corrected chi connectivity index (χ2v) is 6.66. The van der Waals surface area contributed by atoms with Crippen molar-refractivity contribution in [3.8, 4) is 11.6 Å². The molecule has 0 saturated carbocycles. The maximum atomic E-state index is 12.3. The van der Waals surface area contributed by atoms with Crippen LogP contribution in [0.3, 0.4) is 0 Å². The summed E-state index contributed by atoms with van der Waals surface area (Å²) in [5, 5.41) is 8.00. The number of pyridine rings is 1. The second-order valence-electron chi connectivity index (χ2n) is 6.66. The van der Waals surface area contributed by atoms with Crippen molar-refractivity contribution < 1.29 is 17.9 Å². The fourth-order valence-corrected chi connectivity index (χ4v) is 3.50. The molecule has 28 heavy (non-hydrogen) atoms. The van der Waals surface area contributed by atoms with Gasteiger partial charge in [-0.2, -0.15) is 5.10 Å². The second kappa shape index (κ2) is 7.63. The Balaban J connectivity index is 1.44. The average Bonchev–Trinajstić information content (AvgIpc) is 3.12. The molecule has 1 aliphatic rings. The highest BCUT2D eigenvalue weighted by atomic mass is 19.4. The average molecular weight is 388 g/mol. The molecule has 0 spiro atoms. The van der Waals surface area contributed by atoms with E-state index in [0.717, 1.165) is 41.9 Å². The predicted molar refractivity (Wildman–Crippen MR) is 97.0 cm³/mol. The van der Waals surface area contributed by atoms with E-state index in [-0.39, 0.29) is 11.8 Å². The number of nitrogens with one attached hydrogen (secondary N) is 1. The van der Waals surface area contributed by atoms with Crippen molar-refractivity contribution in [2.24, 2.45) is 0 Å². The van der Waals surface area contributed by atoms with E-state index in [2.05, 4.69) is 20.1 Å². The molecule has 0 saturated heterocycles. The maximum Gasteiger partial charge on any atom is 0.573 e. The molecule has 146 valence electrons. The lowest BCUT2D eigenvalue weighted by atomic mass is 9.92. The largest absolute Gasteiger partial charge is 0.573 e. The fraction of sp³-hybridized carbons (Fsp3) is 0.300. The lowest BCUT2D eigenvalue weighted by Crippen LogP contribution is -2.25. The van der Waals surface area contributed by atoms with Gasteiger partial charge in [0.25, 0.3) is 0 Å². The van der Waals surface area contributed by atoms with Gasteiger partial charge < -0.3 is 10.1 Å². The van der Waals surface area contributed by atoms with E-state index in [1.54, 1.807) is 18.3 Å². The molecular formula is C20H19F3N4O. The van der Waals surface area contributed by atoms with Crippen molar-refractivity contribution >= 4 is 0 Å². The Morgan fingerprint density at radius 2 is 1.96 bits per heavy atom. The summed E-state index contributed by atoms with van der Waals surface area (Å²) < 4.78 is 42.5. The number of hydrogen-bond donors (Lipinski definition) is 1. The van der Waals surface area contributed by atoms with Crippen LogP contribution in [0.4, 0.5) is 13.2 Å². The summed E-state index contributed by atoms with van der Waals surface area (Å²) in [6.45, 7) is 0.547. The zero-order chi connectivity index (χ0) is 19.6. The Kier molecular flexibility index (Phi) is 5.04. The third kappa shape index (κ3) is 4.17. The van der Waals surface area contributed by atoms with Gasteiger partial charge in [0.05, 0.1) is 11.9 Å². The third-order valence-corrected chi connectivity index (χ3v) is 4.76. The molecule has 0 amide bonds. The molecule has 2 aromatic heterocycles. The van der Waals surface area contributed by atoms with Gasteiger partial charge in [0, 0.05) is 24.3 Å². The predicted octanol–water partition coefficient (Wildman–Crippen LogP) is 4.33. The molecule has 0 bridgehead atoms. The molecule has 1 atom stereocenters. The number of ether oxygens (including phenoxy) is 1. The Bertz CT molecular complexity index is 923. The lowest BCUT2D eigenvalue weighted by Gasteiger charge is -2.24. The van der Waals surface area contributed by atoms with Crippen LogP contribution in [0.1, 0.15) is 35.7 Å². The molecule has 0 aliphatic heterocycles. The summed E-state index contributed by atoms with van der Waals surface area (Å²) in [6, 6.07) is 11.8. The van der Waals surface area contributed by atoms with Gasteiger partial charge in [0.15, 0.2) is 5.82 Å². The van der Waals surface area contributed by atoms with Crippen LogP contribution >= 0.6 is 0 Å². The van der Waals surface area contributed by atoms with E-state index in [4.69, 9.17) is 0 Å². The number of fused-ring (bicyclic) bond motifs is 1. The quantitative estimate of drug-likeness (QED) is 0.707. The molecular weight excluding hydrogens is 369 g/mol. The van der Waals surface area contributed by atoms with Crippen LogP contribution in [-0.2, 0) is 13.0 Å². The summed E-state index contributed by atoms with van der Waals surface area (Å²) in [7, 11) is 0. The van der Waals surface area contributed by atoms with E-state index in [1.807, 2.05) is 29.1 Å². The summed E-state index contributed by atoms with van der Waals surface area (Å²) in [5.41, 5.74) is 3.18. The monoisotopic (exact) mass is 388 g/mol. The molecule has 1 aromatic carbocycles. The zero-order valence-corrected chi connectivity index (χ0v) is 15.0. The number of hydrogen-bond acceptors (Lipinski definition) is 4. The van der Waals surface area contributed by atoms with Gasteiger partial charge in [-0.1, -0.05) is 18.2 Å². The molecule has 1 aliphatic carbocycles. The molecule has 5 nitrogen and oxygen atoms in total. The third-order valence-electron chi connectivity index (χ3n) is 4.76. The van der Waals surface area contributed by atoms with Crippen molar-refractivity contribution in [2.45, 2.75) is 38.2 Å². The van der Waals surface area contributed by atoms with E-state index in [0.29, 0.717) is 6.54 Å². The van der Waals surface area contributed by atoms with Crippen LogP contribution in [0.2, 0.25) is 0 Å². The van der Waals surface area contributed by atoms with Gasteiger partial charge in [0.1, 0.15) is 5.75 Å². The number of nitrogens with zero attached hydrogens (tertiary/aromatic N) is 3. The minimum atomic E-state index is -4.67. The van der Waals surface area contributed by atoms with Crippen molar-refractivity contribution in [1.29, 1.82) is 0 Å². The summed E-state index contributed by atoms with van der Waals surface area (Å²) in [4.78, 5) is 4.37. The number of halogens is 3. The van der Waals surface area contributed by atoms with Gasteiger partial charge >= 0.3 is 6.36 Å². The van der Waals surface area contributed by atoms with Crippen molar-refractivity contribution in [2.75, 3.05) is 0 Å². The summed E-state index contributed by atoms with van der Waals surface area (Å²) >= 11 is 0. The van der Waals surface area contributed by atoms with Gasteiger partial charge in [-0.3, -0.25) is 0 Å². The molecule has 0 radical (unpaired) electrons. The first-order chi connectivity index (χ1) is 13.5. The normalized spacial score (nSPS) is 16.6. The Labute approximate surface area is 160 Å². The minimum absolute atomic E-state index is 0.146. The SMILES string of the molecule is FC(F)(F)Oc1ccc(CNC2CCCc3c2cnn3-c2ccccn2)cc1. The van der Waals surface area contributed by atoms with Gasteiger partial charge in [-0.15, -0.1) is 13.2 Å². The standard InChI is InChI=1S/C20H19F3N4O/c21-20(22,23)28-15-9-7-14(8-10-15)12-25-17-4-3-5-18-16(17)13-26-27(18)19-6-1-2-11-24-19/h1-2,6-11,13,17,25H,3-5,12H2. The van der Waals surface area contributed by atoms with Crippen molar-refractivity contribution in [3.05, 3.63) is 71.7 Å². The van der Waals surface area contributed by atoms with Crippen LogP contribution < -0.4 is 10.1 Å². The molecule has 2 heterocycles. The summed E-state index contributed by atoms with van der Waals surface area (Å²) in [6.07, 6.45) is 1.90. The molecule has 1 N–H and O–H groups in total. The molecule has 4 rings (SSSR count). The first-order valence-electron chi connectivity index (χ1n) is 9.06. The van der Waals surface area contributed by atoms with Gasteiger partial charge in [0.2, 0.25) is 0 Å². The van der Waals surface area contributed by atoms with Crippen LogP contribution in [0, 0.1) is 0 Å². The molecule has 1 unspecified atom stereocenters. The van der Waals surface area contributed by atoms with E-state index in [1.165, 1.54) is 12.1 Å². The van der Waals surface area contributed by atoms with Crippen molar-refractivity contribution in [1.82, 2.24) is 20.1 Å². The first-order valence-corrected chi connectivity index (χ1v) is 9.06. The van der Waals surface area contributed by atoms with E-state index in [9.17, 15) is 13.2 Å². The fourth-order valence-electron chi connectivity index (χ4n) is 3.50. The molecule has 0 fully saturated rings. The highest BCUT2D eigenvalue weighted by molar-refractivity contribution is 5.33. The van der Waals surface area contributed by atoms with Gasteiger partial charge in [-0.25, -0.2) is 9.67 Å².